The van der Waals surface area contributed by atoms with Crippen molar-refractivity contribution >= 4 is 5.91 Å². The number of aryl methyl sites for hydroxylation is 1. The van der Waals surface area contributed by atoms with Crippen LogP contribution in [0, 0.1) is 0 Å². The van der Waals surface area contributed by atoms with Gasteiger partial charge >= 0.3 is 0 Å². The van der Waals surface area contributed by atoms with Gasteiger partial charge in [0.05, 0.1) is 13.2 Å². The molecule has 1 aromatic carbocycles. The summed E-state index contributed by atoms with van der Waals surface area (Å²) in [4.78, 5) is 24.5. The lowest BCUT2D eigenvalue weighted by Gasteiger charge is -2.38. The van der Waals surface area contributed by atoms with Crippen LogP contribution in [-0.4, -0.2) is 23.6 Å². The maximum absolute atomic E-state index is 12.5. The van der Waals surface area contributed by atoms with Crippen LogP contribution in [0.4, 0.5) is 0 Å². The molecular formula is C19H22N2O3. The van der Waals surface area contributed by atoms with Gasteiger partial charge in [-0.25, -0.2) is 0 Å². The SMILES string of the molecule is CCC1(CNC(=O)c2cccn(C)c2=O)OCCc2ccccc21. The highest BCUT2D eigenvalue weighted by Crippen LogP contribution is 2.35. The van der Waals surface area contributed by atoms with E-state index in [1.807, 2.05) is 12.1 Å². The van der Waals surface area contributed by atoms with Gasteiger partial charge in [-0.05, 0) is 36.1 Å². The number of rotatable bonds is 4. The number of hydrogen-bond acceptors (Lipinski definition) is 3. The third kappa shape index (κ3) is 2.87. The number of hydrogen-bond donors (Lipinski definition) is 1. The lowest BCUT2D eigenvalue weighted by atomic mass is 9.84. The van der Waals surface area contributed by atoms with Gasteiger partial charge in [-0.2, -0.15) is 0 Å². The van der Waals surface area contributed by atoms with Gasteiger partial charge in [0.15, 0.2) is 0 Å². The van der Waals surface area contributed by atoms with Crippen LogP contribution in [-0.2, 0) is 23.8 Å². The molecule has 24 heavy (non-hydrogen) atoms. The summed E-state index contributed by atoms with van der Waals surface area (Å²) in [7, 11) is 1.63. The van der Waals surface area contributed by atoms with Crippen LogP contribution >= 0.6 is 0 Å². The van der Waals surface area contributed by atoms with Crippen molar-refractivity contribution in [3.8, 4) is 0 Å². The normalized spacial score (nSPS) is 19.6. The molecule has 0 aliphatic carbocycles. The molecule has 1 aliphatic rings. The lowest BCUT2D eigenvalue weighted by Crippen LogP contribution is -2.46. The fourth-order valence-corrected chi connectivity index (χ4v) is 3.27. The number of pyridine rings is 1. The highest BCUT2D eigenvalue weighted by atomic mass is 16.5. The monoisotopic (exact) mass is 326 g/mol. The summed E-state index contributed by atoms with van der Waals surface area (Å²) >= 11 is 0. The lowest BCUT2D eigenvalue weighted by molar-refractivity contribution is -0.0606. The van der Waals surface area contributed by atoms with Crippen LogP contribution in [0.2, 0.25) is 0 Å². The molecule has 1 atom stereocenters. The fourth-order valence-electron chi connectivity index (χ4n) is 3.27. The molecule has 0 saturated heterocycles. The van der Waals surface area contributed by atoms with Crippen molar-refractivity contribution in [1.82, 2.24) is 9.88 Å². The van der Waals surface area contributed by atoms with Crippen molar-refractivity contribution < 1.29 is 9.53 Å². The molecule has 0 spiro atoms. The van der Waals surface area contributed by atoms with Gasteiger partial charge in [0, 0.05) is 13.2 Å². The average Bonchev–Trinajstić information content (AvgIpc) is 2.62. The van der Waals surface area contributed by atoms with Gasteiger partial charge in [-0.1, -0.05) is 31.2 Å². The topological polar surface area (TPSA) is 60.3 Å². The number of amides is 1. The van der Waals surface area contributed by atoms with E-state index in [1.165, 1.54) is 10.1 Å². The van der Waals surface area contributed by atoms with Gasteiger partial charge in [0.2, 0.25) is 0 Å². The number of benzene rings is 1. The number of aromatic nitrogens is 1. The Morgan fingerprint density at radius 1 is 1.29 bits per heavy atom. The summed E-state index contributed by atoms with van der Waals surface area (Å²) in [6.45, 7) is 3.03. The average molecular weight is 326 g/mol. The third-order valence-electron chi connectivity index (χ3n) is 4.73. The number of nitrogens with one attached hydrogen (secondary N) is 1. The second-order valence-electron chi connectivity index (χ2n) is 6.12. The summed E-state index contributed by atoms with van der Waals surface area (Å²) < 4.78 is 7.48. The van der Waals surface area contributed by atoms with Crippen LogP contribution < -0.4 is 10.9 Å². The van der Waals surface area contributed by atoms with Crippen LogP contribution in [0.5, 0.6) is 0 Å². The second-order valence-corrected chi connectivity index (χ2v) is 6.12. The van der Waals surface area contributed by atoms with Gasteiger partial charge < -0.3 is 14.6 Å². The fraction of sp³-hybridized carbons (Fsp3) is 0.368. The van der Waals surface area contributed by atoms with Crippen LogP contribution in [0.15, 0.2) is 47.4 Å². The van der Waals surface area contributed by atoms with Crippen molar-refractivity contribution in [3.63, 3.8) is 0 Å². The van der Waals surface area contributed by atoms with Crippen molar-refractivity contribution in [2.75, 3.05) is 13.2 Å². The molecule has 5 heteroatoms. The molecule has 1 aliphatic heterocycles. The van der Waals surface area contributed by atoms with Crippen LogP contribution in [0.25, 0.3) is 0 Å². The number of nitrogens with zero attached hydrogens (tertiary/aromatic N) is 1. The number of carbonyl (C=O) groups excluding carboxylic acids is 1. The van der Waals surface area contributed by atoms with E-state index < -0.39 is 5.60 Å². The Morgan fingerprint density at radius 3 is 2.88 bits per heavy atom. The van der Waals surface area contributed by atoms with E-state index in [9.17, 15) is 9.59 Å². The molecule has 3 rings (SSSR count). The molecule has 5 nitrogen and oxygen atoms in total. The van der Waals surface area contributed by atoms with E-state index in [-0.39, 0.29) is 17.0 Å². The predicted molar refractivity (Wildman–Crippen MR) is 92.1 cm³/mol. The zero-order valence-corrected chi connectivity index (χ0v) is 14.0. The summed E-state index contributed by atoms with van der Waals surface area (Å²) in [6, 6.07) is 11.4. The number of fused-ring (bicyclic) bond motifs is 1. The van der Waals surface area contributed by atoms with Gasteiger partial charge in [-0.3, -0.25) is 9.59 Å². The maximum atomic E-state index is 12.5. The molecule has 0 saturated carbocycles. The molecule has 2 heterocycles. The highest BCUT2D eigenvalue weighted by molar-refractivity contribution is 5.93. The minimum absolute atomic E-state index is 0.148. The van der Waals surface area contributed by atoms with E-state index in [0.29, 0.717) is 13.2 Å². The molecule has 1 N–H and O–H groups in total. The highest BCUT2D eigenvalue weighted by Gasteiger charge is 2.36. The quantitative estimate of drug-likeness (QED) is 0.935. The Hall–Kier alpha value is -2.40. The first kappa shape index (κ1) is 16.5. The Kier molecular flexibility index (Phi) is 4.53. The first-order chi connectivity index (χ1) is 11.6. The molecule has 2 aromatic rings. The Morgan fingerprint density at radius 2 is 2.08 bits per heavy atom. The first-order valence-corrected chi connectivity index (χ1v) is 8.23. The van der Waals surface area contributed by atoms with Crippen molar-refractivity contribution in [2.45, 2.75) is 25.4 Å². The van der Waals surface area contributed by atoms with E-state index in [4.69, 9.17) is 4.74 Å². The smallest absolute Gasteiger partial charge is 0.263 e. The molecule has 1 amide bonds. The zero-order chi connectivity index (χ0) is 17.2. The van der Waals surface area contributed by atoms with Gasteiger partial charge in [0.25, 0.3) is 11.5 Å². The molecular weight excluding hydrogens is 304 g/mol. The first-order valence-electron chi connectivity index (χ1n) is 8.23. The van der Waals surface area contributed by atoms with Crippen molar-refractivity contribution in [2.24, 2.45) is 7.05 Å². The standard InChI is InChI=1S/C19H22N2O3/c1-3-19(16-9-5-4-7-14(16)10-12-24-19)13-20-17(22)15-8-6-11-21(2)18(15)23/h4-9,11H,3,10,12-13H2,1-2H3,(H,20,22). The van der Waals surface area contributed by atoms with Gasteiger partial charge in [0.1, 0.15) is 11.2 Å². The minimum atomic E-state index is -0.537. The number of ether oxygens (including phenoxy) is 1. The van der Waals surface area contributed by atoms with E-state index in [2.05, 4.69) is 24.4 Å². The summed E-state index contributed by atoms with van der Waals surface area (Å²) in [5.74, 6) is -0.365. The van der Waals surface area contributed by atoms with E-state index in [1.54, 1.807) is 25.4 Å². The molecule has 0 radical (unpaired) electrons. The summed E-state index contributed by atoms with van der Waals surface area (Å²) in [5, 5.41) is 2.89. The van der Waals surface area contributed by atoms with Gasteiger partial charge in [-0.15, -0.1) is 0 Å². The molecule has 0 bridgehead atoms. The Labute approximate surface area is 141 Å². The largest absolute Gasteiger partial charge is 0.368 e. The predicted octanol–water partition coefficient (Wildman–Crippen LogP) is 1.99. The Balaban J connectivity index is 1.84. The number of carbonyl (C=O) groups is 1. The molecule has 0 fully saturated rings. The minimum Gasteiger partial charge on any atom is -0.368 e. The molecule has 1 unspecified atom stereocenters. The molecule has 1 aromatic heterocycles. The zero-order valence-electron chi connectivity index (χ0n) is 14.0. The Bertz CT molecular complexity index is 812. The van der Waals surface area contributed by atoms with E-state index >= 15 is 0 Å². The van der Waals surface area contributed by atoms with E-state index in [0.717, 1.165) is 18.4 Å². The molecule has 126 valence electrons. The third-order valence-corrected chi connectivity index (χ3v) is 4.73. The second kappa shape index (κ2) is 6.61. The summed E-state index contributed by atoms with van der Waals surface area (Å²) in [5.41, 5.74) is 1.70. The maximum Gasteiger partial charge on any atom is 0.263 e. The summed E-state index contributed by atoms with van der Waals surface area (Å²) in [6.07, 6.45) is 3.26. The van der Waals surface area contributed by atoms with Crippen molar-refractivity contribution in [1.29, 1.82) is 0 Å². The van der Waals surface area contributed by atoms with Crippen molar-refractivity contribution in [3.05, 3.63) is 69.6 Å². The van der Waals surface area contributed by atoms with Crippen LogP contribution in [0.3, 0.4) is 0 Å². The van der Waals surface area contributed by atoms with Crippen LogP contribution in [0.1, 0.15) is 34.8 Å².